The molecule has 0 aromatic heterocycles. The molecule has 1 aliphatic rings. The molecule has 0 bridgehead atoms. The molecule has 1 aliphatic heterocycles. The lowest BCUT2D eigenvalue weighted by Gasteiger charge is -2.16. The number of hydrogen-bond acceptors (Lipinski definition) is 5. The van der Waals surface area contributed by atoms with Gasteiger partial charge in [-0.1, -0.05) is 0 Å². The average Bonchev–Trinajstić information content (AvgIpc) is 2.98. The fourth-order valence-electron chi connectivity index (χ4n) is 2.30. The van der Waals surface area contributed by atoms with E-state index in [0.29, 0.717) is 36.8 Å². The molecule has 0 radical (unpaired) electrons. The number of halogens is 1. The van der Waals surface area contributed by atoms with E-state index >= 15 is 0 Å². The number of hydrogen-bond donors (Lipinski definition) is 2. The highest BCUT2D eigenvalue weighted by atomic mass is 35.5. The number of rotatable bonds is 6. The lowest BCUT2D eigenvalue weighted by molar-refractivity contribution is -0.126. The van der Waals surface area contributed by atoms with Gasteiger partial charge in [-0.2, -0.15) is 0 Å². The fourth-order valence-corrected chi connectivity index (χ4v) is 2.30. The molecule has 0 spiro atoms. The van der Waals surface area contributed by atoms with E-state index in [1.54, 1.807) is 25.3 Å². The van der Waals surface area contributed by atoms with Gasteiger partial charge in [-0.25, -0.2) is 0 Å². The molecule has 1 heterocycles. The summed E-state index contributed by atoms with van der Waals surface area (Å²) in [5.74, 6) is 1.08. The Bertz CT molecular complexity index is 498. The summed E-state index contributed by atoms with van der Waals surface area (Å²) in [4.78, 5) is 12.3. The van der Waals surface area contributed by atoms with Crippen molar-refractivity contribution < 1.29 is 19.0 Å². The third-order valence-corrected chi connectivity index (χ3v) is 3.41. The molecule has 6 nitrogen and oxygen atoms in total. The number of carbonyl (C=O) groups excluding carboxylic acids is 1. The molecule has 1 fully saturated rings. The van der Waals surface area contributed by atoms with Crippen molar-refractivity contribution in [2.45, 2.75) is 32.0 Å². The molecule has 0 unspecified atom stereocenters. The third-order valence-electron chi connectivity index (χ3n) is 3.41. The average molecular weight is 331 g/mol. The number of anilines is 1. The van der Waals surface area contributed by atoms with Crippen LogP contribution >= 0.6 is 12.4 Å². The van der Waals surface area contributed by atoms with E-state index in [1.807, 2.05) is 6.92 Å². The van der Waals surface area contributed by atoms with Gasteiger partial charge in [-0.15, -0.1) is 12.4 Å². The number of ether oxygens (including phenoxy) is 3. The Morgan fingerprint density at radius 3 is 2.82 bits per heavy atom. The van der Waals surface area contributed by atoms with Crippen molar-refractivity contribution in [1.29, 1.82) is 0 Å². The van der Waals surface area contributed by atoms with Crippen molar-refractivity contribution in [3.05, 3.63) is 18.2 Å². The quantitative estimate of drug-likeness (QED) is 0.833. The normalized spacial score (nSPS) is 20.1. The summed E-state index contributed by atoms with van der Waals surface area (Å²) < 4.78 is 16.3. The van der Waals surface area contributed by atoms with Gasteiger partial charge in [-0.05, 0) is 31.9 Å². The minimum absolute atomic E-state index is 0. The summed E-state index contributed by atoms with van der Waals surface area (Å²) >= 11 is 0. The number of carbonyl (C=O) groups is 1. The maximum atomic E-state index is 12.3. The molecule has 1 aromatic rings. The Balaban J connectivity index is 0.00000242. The first-order valence-electron chi connectivity index (χ1n) is 7.15. The van der Waals surface area contributed by atoms with Gasteiger partial charge in [0, 0.05) is 12.6 Å². The van der Waals surface area contributed by atoms with Crippen molar-refractivity contribution in [1.82, 2.24) is 0 Å². The van der Waals surface area contributed by atoms with E-state index in [-0.39, 0.29) is 24.4 Å². The summed E-state index contributed by atoms with van der Waals surface area (Å²) in [7, 11) is 1.58. The van der Waals surface area contributed by atoms with Crippen LogP contribution in [0.15, 0.2) is 18.2 Å². The second kappa shape index (κ2) is 8.82. The highest BCUT2D eigenvalue weighted by molar-refractivity contribution is 5.95. The van der Waals surface area contributed by atoms with Gasteiger partial charge < -0.3 is 25.3 Å². The first-order chi connectivity index (χ1) is 10.2. The molecule has 124 valence electrons. The molecule has 2 atom stereocenters. The van der Waals surface area contributed by atoms with Crippen LogP contribution in [0.2, 0.25) is 0 Å². The maximum absolute atomic E-state index is 12.3. The van der Waals surface area contributed by atoms with Crippen LogP contribution in [-0.2, 0) is 9.53 Å². The van der Waals surface area contributed by atoms with Gasteiger partial charge in [0.05, 0.1) is 25.5 Å². The predicted molar refractivity (Wildman–Crippen MR) is 87.0 cm³/mol. The Morgan fingerprint density at radius 2 is 2.23 bits per heavy atom. The lowest BCUT2D eigenvalue weighted by Crippen LogP contribution is -2.30. The smallest absolute Gasteiger partial charge is 0.253 e. The molecule has 22 heavy (non-hydrogen) atoms. The van der Waals surface area contributed by atoms with Gasteiger partial charge >= 0.3 is 0 Å². The van der Waals surface area contributed by atoms with E-state index in [4.69, 9.17) is 19.9 Å². The number of benzene rings is 1. The van der Waals surface area contributed by atoms with Crippen molar-refractivity contribution >= 4 is 24.0 Å². The molecule has 0 aliphatic carbocycles. The molecule has 1 aromatic carbocycles. The largest absolute Gasteiger partial charge is 0.497 e. The number of nitrogens with one attached hydrogen (secondary N) is 1. The zero-order chi connectivity index (χ0) is 15.2. The first kappa shape index (κ1) is 18.5. The first-order valence-corrected chi connectivity index (χ1v) is 7.15. The zero-order valence-corrected chi connectivity index (χ0v) is 13.7. The third kappa shape index (κ3) is 4.50. The predicted octanol–water partition coefficient (Wildman–Crippen LogP) is 1.96. The summed E-state index contributed by atoms with van der Waals surface area (Å²) in [5, 5.41) is 2.85. The van der Waals surface area contributed by atoms with Crippen molar-refractivity contribution in [2.24, 2.45) is 5.73 Å². The van der Waals surface area contributed by atoms with Gasteiger partial charge in [0.2, 0.25) is 0 Å². The second-order valence-electron chi connectivity index (χ2n) is 4.84. The molecule has 0 saturated carbocycles. The number of amides is 1. The summed E-state index contributed by atoms with van der Waals surface area (Å²) in [6.07, 6.45) is 1.00. The van der Waals surface area contributed by atoms with Crippen LogP contribution < -0.4 is 20.5 Å². The molecule has 7 heteroatoms. The summed E-state index contributed by atoms with van der Waals surface area (Å²) in [6.45, 7) is 2.85. The van der Waals surface area contributed by atoms with Crippen LogP contribution in [0, 0.1) is 0 Å². The van der Waals surface area contributed by atoms with Gasteiger partial charge in [-0.3, -0.25) is 4.79 Å². The maximum Gasteiger partial charge on any atom is 0.253 e. The molecule has 1 saturated heterocycles. The van der Waals surface area contributed by atoms with Crippen LogP contribution in [0.5, 0.6) is 11.5 Å². The van der Waals surface area contributed by atoms with Gasteiger partial charge in [0.15, 0.2) is 0 Å². The van der Waals surface area contributed by atoms with Crippen molar-refractivity contribution in [3.63, 3.8) is 0 Å². The molecular weight excluding hydrogens is 308 g/mol. The van der Waals surface area contributed by atoms with E-state index in [2.05, 4.69) is 5.32 Å². The number of nitrogens with two attached hydrogens (primary N) is 1. The van der Waals surface area contributed by atoms with E-state index in [1.165, 1.54) is 0 Å². The Morgan fingerprint density at radius 1 is 1.45 bits per heavy atom. The standard InChI is InChI=1S/C15H22N2O4.ClH/c1-3-20-13-6-4-10(19-2)8-12(13)17-15(18)14-7-5-11(9-16)21-14;/h4,6,8,11,14H,3,5,7,9,16H2,1-2H3,(H,17,18);1H/t11-,14+;/m1./s1. The monoisotopic (exact) mass is 330 g/mol. The van der Waals surface area contributed by atoms with Crippen molar-refractivity contribution in [3.8, 4) is 11.5 Å². The fraction of sp³-hybridized carbons (Fsp3) is 0.533. The highest BCUT2D eigenvalue weighted by Gasteiger charge is 2.30. The van der Waals surface area contributed by atoms with Crippen LogP contribution in [0.1, 0.15) is 19.8 Å². The Labute approximate surface area is 136 Å². The molecular formula is C15H23ClN2O4. The molecule has 1 amide bonds. The molecule has 2 rings (SSSR count). The second-order valence-corrected chi connectivity index (χ2v) is 4.84. The summed E-state index contributed by atoms with van der Waals surface area (Å²) in [6, 6.07) is 5.30. The molecule has 3 N–H and O–H groups in total. The minimum Gasteiger partial charge on any atom is -0.497 e. The topological polar surface area (TPSA) is 82.8 Å². The van der Waals surface area contributed by atoms with Crippen molar-refractivity contribution in [2.75, 3.05) is 25.6 Å². The Kier molecular flexibility index (Phi) is 7.44. The van der Waals surface area contributed by atoms with Crippen LogP contribution in [0.25, 0.3) is 0 Å². The number of methoxy groups -OCH3 is 1. The van der Waals surface area contributed by atoms with Gasteiger partial charge in [0.1, 0.15) is 17.6 Å². The zero-order valence-electron chi connectivity index (χ0n) is 12.8. The van der Waals surface area contributed by atoms with E-state index < -0.39 is 6.10 Å². The van der Waals surface area contributed by atoms with Gasteiger partial charge in [0.25, 0.3) is 5.91 Å². The van der Waals surface area contributed by atoms with Crippen LogP contribution in [-0.4, -0.2) is 38.4 Å². The van der Waals surface area contributed by atoms with E-state index in [0.717, 1.165) is 6.42 Å². The lowest BCUT2D eigenvalue weighted by atomic mass is 10.2. The Hall–Kier alpha value is -1.50. The SMILES string of the molecule is CCOc1ccc(OC)cc1NC(=O)[C@@H]1CC[C@H](CN)O1.Cl. The van der Waals surface area contributed by atoms with E-state index in [9.17, 15) is 4.79 Å². The van der Waals surface area contributed by atoms with Crippen LogP contribution in [0.3, 0.4) is 0 Å². The van der Waals surface area contributed by atoms with Crippen LogP contribution in [0.4, 0.5) is 5.69 Å². The highest BCUT2D eigenvalue weighted by Crippen LogP contribution is 2.30. The summed E-state index contributed by atoms with van der Waals surface area (Å²) in [5.41, 5.74) is 6.14. The minimum atomic E-state index is -0.459.